The van der Waals surface area contributed by atoms with Crippen molar-refractivity contribution in [3.05, 3.63) is 30.3 Å². The van der Waals surface area contributed by atoms with E-state index in [0.29, 0.717) is 5.75 Å². The van der Waals surface area contributed by atoms with Crippen LogP contribution in [0.25, 0.3) is 0 Å². The van der Waals surface area contributed by atoms with E-state index >= 15 is 0 Å². The van der Waals surface area contributed by atoms with Gasteiger partial charge in [0.05, 0.1) is 0 Å². The fourth-order valence-corrected chi connectivity index (χ4v) is 1.02. The van der Waals surface area contributed by atoms with E-state index in [1.807, 2.05) is 18.2 Å². The second-order valence-electron chi connectivity index (χ2n) is 1.50. The molecule has 0 amide bonds. The summed E-state index contributed by atoms with van der Waals surface area (Å²) in [5, 5.41) is 0. The van der Waals surface area contributed by atoms with Crippen LogP contribution >= 0.6 is 0 Å². The van der Waals surface area contributed by atoms with Crippen molar-refractivity contribution < 1.29 is 7.54 Å². The Labute approximate surface area is 59.9 Å². The van der Waals surface area contributed by atoms with Crippen LogP contribution in [0.2, 0.25) is 0 Å². The maximum atomic E-state index is 10.0. The van der Waals surface area contributed by atoms with Gasteiger partial charge < -0.3 is 0 Å². The number of benzene rings is 1. The van der Waals surface area contributed by atoms with E-state index in [1.165, 1.54) is 0 Å². The second-order valence-corrected chi connectivity index (χ2v) is 2.28. The first kappa shape index (κ1) is 6.48. The molecule has 0 saturated heterocycles. The zero-order valence-corrected chi connectivity index (χ0v) is 6.80. The van der Waals surface area contributed by atoms with Crippen LogP contribution < -0.4 is 3.76 Å². The molecule has 0 aliphatic heterocycles. The molecule has 0 atom stereocenters. The molecule has 45 valence electrons. The third kappa shape index (κ3) is 1.97. The Kier molecular flexibility index (Phi) is 2.45. The van der Waals surface area contributed by atoms with E-state index in [-0.39, 0.29) is 0 Å². The van der Waals surface area contributed by atoms with Gasteiger partial charge in [0.25, 0.3) is 0 Å². The van der Waals surface area contributed by atoms with E-state index in [9.17, 15) is 3.78 Å². The molecule has 3 heteroatoms. The van der Waals surface area contributed by atoms with Crippen molar-refractivity contribution in [2.45, 2.75) is 0 Å². The molecule has 1 aromatic rings. The first-order valence-electron chi connectivity index (χ1n) is 2.52. The molecule has 9 heavy (non-hydrogen) atoms. The van der Waals surface area contributed by atoms with Gasteiger partial charge in [0, 0.05) is 0 Å². The van der Waals surface area contributed by atoms with Crippen molar-refractivity contribution in [3.8, 4) is 5.75 Å². The van der Waals surface area contributed by atoms with Crippen molar-refractivity contribution in [1.29, 1.82) is 0 Å². The van der Waals surface area contributed by atoms with Crippen LogP contribution in [0.5, 0.6) is 5.75 Å². The van der Waals surface area contributed by atoms with Gasteiger partial charge >= 0.3 is 59.3 Å². The molecule has 1 radical (unpaired) electrons. The summed E-state index contributed by atoms with van der Waals surface area (Å²) in [5.41, 5.74) is 0. The van der Waals surface area contributed by atoms with Gasteiger partial charge in [-0.2, -0.15) is 0 Å². The molecular formula is C6H5GeO2. The number of hydrogen-bond acceptors (Lipinski definition) is 2. The normalized spacial score (nSPS) is 8.44. The van der Waals surface area contributed by atoms with Gasteiger partial charge in [0.1, 0.15) is 0 Å². The van der Waals surface area contributed by atoms with Crippen LogP contribution in [0.1, 0.15) is 0 Å². The number of para-hydroxylation sites is 1. The topological polar surface area (TPSA) is 26.3 Å². The van der Waals surface area contributed by atoms with Crippen molar-refractivity contribution in [2.75, 3.05) is 0 Å². The molecule has 0 spiro atoms. The molecule has 0 saturated carbocycles. The molecule has 0 aliphatic carbocycles. The zero-order chi connectivity index (χ0) is 6.53. The zero-order valence-electron chi connectivity index (χ0n) is 4.70. The minimum atomic E-state index is -1.43. The summed E-state index contributed by atoms with van der Waals surface area (Å²) in [6, 6.07) is 9.13. The monoisotopic (exact) mass is 183 g/mol. The molecule has 0 unspecified atom stereocenters. The Bertz CT molecular complexity index is 186. The average molecular weight is 182 g/mol. The minimum absolute atomic E-state index is 0.688. The van der Waals surface area contributed by atoms with Crippen LogP contribution in [0.4, 0.5) is 0 Å². The van der Waals surface area contributed by atoms with E-state index in [2.05, 4.69) is 0 Å². The van der Waals surface area contributed by atoms with Crippen molar-refractivity contribution in [2.24, 2.45) is 0 Å². The van der Waals surface area contributed by atoms with Crippen LogP contribution in [0.15, 0.2) is 30.3 Å². The van der Waals surface area contributed by atoms with Crippen molar-refractivity contribution in [3.63, 3.8) is 0 Å². The second kappa shape index (κ2) is 3.40. The molecule has 0 heterocycles. The van der Waals surface area contributed by atoms with E-state index in [1.54, 1.807) is 12.1 Å². The molecule has 0 fully saturated rings. The summed E-state index contributed by atoms with van der Waals surface area (Å²) in [6.45, 7) is 0. The molecule has 0 aliphatic rings. The van der Waals surface area contributed by atoms with Crippen LogP contribution in [-0.2, 0) is 3.78 Å². The van der Waals surface area contributed by atoms with Crippen molar-refractivity contribution in [1.82, 2.24) is 0 Å². The molecule has 0 bridgehead atoms. The van der Waals surface area contributed by atoms with Gasteiger partial charge in [-0.25, -0.2) is 0 Å². The Morgan fingerprint density at radius 1 is 1.22 bits per heavy atom. The van der Waals surface area contributed by atoms with Gasteiger partial charge in [0.2, 0.25) is 0 Å². The third-order valence-corrected chi connectivity index (χ3v) is 1.57. The first-order chi connectivity index (χ1) is 4.43. The molecular weight excluding hydrogens is 177 g/mol. The van der Waals surface area contributed by atoms with E-state index in [4.69, 9.17) is 3.76 Å². The SMILES string of the molecule is [O]=[Ge][O]c1ccccc1. The van der Waals surface area contributed by atoms with Gasteiger partial charge in [-0.05, 0) is 0 Å². The Morgan fingerprint density at radius 2 is 1.89 bits per heavy atom. The molecule has 2 nitrogen and oxygen atoms in total. The van der Waals surface area contributed by atoms with Crippen LogP contribution in [-0.4, -0.2) is 15.7 Å². The maximum absolute atomic E-state index is 10.0. The summed E-state index contributed by atoms with van der Waals surface area (Å²) in [7, 11) is 0. The van der Waals surface area contributed by atoms with Gasteiger partial charge in [0.15, 0.2) is 0 Å². The van der Waals surface area contributed by atoms with Gasteiger partial charge in [-0.1, -0.05) is 0 Å². The predicted octanol–water partition coefficient (Wildman–Crippen LogP) is 1.03. The molecule has 0 aromatic heterocycles. The van der Waals surface area contributed by atoms with Gasteiger partial charge in [-0.15, -0.1) is 0 Å². The quantitative estimate of drug-likeness (QED) is 0.638. The Hall–Kier alpha value is -0.637. The fraction of sp³-hybridized carbons (Fsp3) is 0. The molecule has 0 N–H and O–H groups in total. The Morgan fingerprint density at radius 3 is 2.44 bits per heavy atom. The third-order valence-electron chi connectivity index (χ3n) is 0.903. The standard InChI is InChI=1S/C6H5GeO2/c8-7-9-6-4-2-1-3-5-6/h1-5H. The summed E-state index contributed by atoms with van der Waals surface area (Å²) in [4.78, 5) is 0. The molecule has 1 rings (SSSR count). The molecule has 1 aromatic carbocycles. The van der Waals surface area contributed by atoms with Gasteiger partial charge in [-0.3, -0.25) is 0 Å². The van der Waals surface area contributed by atoms with Crippen LogP contribution in [0.3, 0.4) is 0 Å². The average Bonchev–Trinajstić information content (AvgIpc) is 1.91. The number of rotatable bonds is 2. The first-order valence-corrected chi connectivity index (χ1v) is 4.24. The summed E-state index contributed by atoms with van der Waals surface area (Å²) >= 11 is -1.43. The van der Waals surface area contributed by atoms with Crippen LogP contribution in [0, 0.1) is 0 Å². The van der Waals surface area contributed by atoms with Crippen molar-refractivity contribution >= 4 is 15.7 Å². The fourth-order valence-electron chi connectivity index (χ4n) is 0.537. The Balaban J connectivity index is 2.72. The predicted molar refractivity (Wildman–Crippen MR) is 33.5 cm³/mol. The van der Waals surface area contributed by atoms with E-state index < -0.39 is 15.7 Å². The summed E-state index contributed by atoms with van der Waals surface area (Å²) < 4.78 is 14.8. The summed E-state index contributed by atoms with van der Waals surface area (Å²) in [6.07, 6.45) is 0. The summed E-state index contributed by atoms with van der Waals surface area (Å²) in [5.74, 6) is 0.688. The van der Waals surface area contributed by atoms with E-state index in [0.717, 1.165) is 0 Å². The number of hydrogen-bond donors (Lipinski definition) is 0.